The Labute approximate surface area is 197 Å². The number of rotatable bonds is 5. The molecule has 1 N–H and O–H groups in total. The van der Waals surface area contributed by atoms with Gasteiger partial charge in [-0.3, -0.25) is 14.2 Å². The standard InChI is InChI=1S/C24H28N6O4/c1-24(2,33)22(32)28(3)17-7-5-16(6-8-17)20-14-30(11-12-34-20)23-27-19(13-21(31)29(23)4)18-9-10-25-15-26-18/h5-10,13,15,20,33H,11-12,14H2,1-4H3/t20-/m1/s1. The molecule has 1 atom stereocenters. The third-order valence-corrected chi connectivity index (χ3v) is 5.79. The summed E-state index contributed by atoms with van der Waals surface area (Å²) >= 11 is 0. The lowest BCUT2D eigenvalue weighted by molar-refractivity contribution is -0.133. The lowest BCUT2D eigenvalue weighted by Gasteiger charge is -2.34. The van der Waals surface area contributed by atoms with Crippen molar-refractivity contribution in [2.75, 3.05) is 36.5 Å². The van der Waals surface area contributed by atoms with Crippen molar-refractivity contribution in [3.8, 4) is 11.4 Å². The number of hydrogen-bond donors (Lipinski definition) is 1. The van der Waals surface area contributed by atoms with E-state index in [-0.39, 0.29) is 11.7 Å². The predicted molar refractivity (Wildman–Crippen MR) is 128 cm³/mol. The number of nitrogens with zero attached hydrogens (tertiary/aromatic N) is 6. The Balaban J connectivity index is 1.56. The van der Waals surface area contributed by atoms with Crippen LogP contribution in [-0.2, 0) is 16.6 Å². The third-order valence-electron chi connectivity index (χ3n) is 5.79. The van der Waals surface area contributed by atoms with Gasteiger partial charge in [0.25, 0.3) is 11.5 Å². The number of carbonyl (C=O) groups excluding carboxylic acids is 1. The number of likely N-dealkylation sites (N-methyl/N-ethyl adjacent to an activating group) is 1. The van der Waals surface area contributed by atoms with Crippen LogP contribution in [0.1, 0.15) is 25.5 Å². The first kappa shape index (κ1) is 23.5. The summed E-state index contributed by atoms with van der Waals surface area (Å²) in [6.07, 6.45) is 2.80. The molecule has 10 heteroatoms. The molecule has 1 fully saturated rings. The zero-order valence-electron chi connectivity index (χ0n) is 19.7. The van der Waals surface area contributed by atoms with Crippen LogP contribution in [0.15, 0.2) is 53.7 Å². The topological polar surface area (TPSA) is 114 Å². The number of ether oxygens (including phenoxy) is 1. The molecule has 2 aromatic heterocycles. The van der Waals surface area contributed by atoms with Gasteiger partial charge in [-0.15, -0.1) is 0 Å². The summed E-state index contributed by atoms with van der Waals surface area (Å²) in [4.78, 5) is 41.3. The molecule has 0 saturated carbocycles. The van der Waals surface area contributed by atoms with E-state index in [1.165, 1.54) is 35.7 Å². The van der Waals surface area contributed by atoms with Crippen LogP contribution in [0, 0.1) is 0 Å². The number of aromatic nitrogens is 4. The molecule has 178 valence electrons. The molecule has 34 heavy (non-hydrogen) atoms. The van der Waals surface area contributed by atoms with Gasteiger partial charge in [0.15, 0.2) is 0 Å². The number of carbonyl (C=O) groups is 1. The Hall–Kier alpha value is -3.63. The van der Waals surface area contributed by atoms with Crippen molar-refractivity contribution in [1.82, 2.24) is 19.5 Å². The first-order valence-electron chi connectivity index (χ1n) is 11.0. The van der Waals surface area contributed by atoms with E-state index in [0.717, 1.165) is 5.56 Å². The van der Waals surface area contributed by atoms with Gasteiger partial charge in [0.1, 0.15) is 18.0 Å². The van der Waals surface area contributed by atoms with E-state index in [2.05, 4.69) is 9.97 Å². The number of anilines is 2. The minimum absolute atomic E-state index is 0.175. The summed E-state index contributed by atoms with van der Waals surface area (Å²) in [6, 6.07) is 10.6. The van der Waals surface area contributed by atoms with Crippen molar-refractivity contribution in [3.63, 3.8) is 0 Å². The molecule has 0 unspecified atom stereocenters. The number of amides is 1. The summed E-state index contributed by atoms with van der Waals surface area (Å²) in [5.41, 5.74) is 1.06. The van der Waals surface area contributed by atoms with Gasteiger partial charge in [0.05, 0.1) is 24.5 Å². The van der Waals surface area contributed by atoms with Crippen LogP contribution >= 0.6 is 0 Å². The van der Waals surface area contributed by atoms with Crippen LogP contribution in [0.5, 0.6) is 0 Å². The molecule has 3 aromatic rings. The van der Waals surface area contributed by atoms with Gasteiger partial charge in [-0.25, -0.2) is 15.0 Å². The van der Waals surface area contributed by atoms with Gasteiger partial charge in [0.2, 0.25) is 5.95 Å². The minimum atomic E-state index is -1.45. The molecule has 0 spiro atoms. The Bertz CT molecular complexity index is 1220. The first-order valence-corrected chi connectivity index (χ1v) is 11.0. The van der Waals surface area contributed by atoms with E-state index in [4.69, 9.17) is 9.72 Å². The maximum Gasteiger partial charge on any atom is 0.258 e. The van der Waals surface area contributed by atoms with Crippen LogP contribution in [0.3, 0.4) is 0 Å². The summed E-state index contributed by atoms with van der Waals surface area (Å²) in [7, 11) is 3.33. The van der Waals surface area contributed by atoms with Gasteiger partial charge < -0.3 is 19.6 Å². The Morgan fingerprint density at radius 3 is 2.59 bits per heavy atom. The molecule has 0 radical (unpaired) electrons. The largest absolute Gasteiger partial charge is 0.381 e. The summed E-state index contributed by atoms with van der Waals surface area (Å²) in [6.45, 7) is 4.49. The summed E-state index contributed by atoms with van der Waals surface area (Å²) < 4.78 is 7.53. The zero-order valence-corrected chi connectivity index (χ0v) is 19.7. The van der Waals surface area contributed by atoms with Crippen LogP contribution in [0.4, 0.5) is 11.6 Å². The molecule has 1 aromatic carbocycles. The van der Waals surface area contributed by atoms with E-state index in [9.17, 15) is 14.7 Å². The highest BCUT2D eigenvalue weighted by Crippen LogP contribution is 2.27. The minimum Gasteiger partial charge on any atom is -0.381 e. The molecule has 0 aliphatic carbocycles. The van der Waals surface area contributed by atoms with Crippen LogP contribution in [0.2, 0.25) is 0 Å². The van der Waals surface area contributed by atoms with Gasteiger partial charge >= 0.3 is 0 Å². The van der Waals surface area contributed by atoms with Crippen LogP contribution < -0.4 is 15.4 Å². The molecular formula is C24H28N6O4. The van der Waals surface area contributed by atoms with Crippen LogP contribution in [0.25, 0.3) is 11.4 Å². The zero-order chi connectivity index (χ0) is 24.5. The SMILES string of the molecule is CN(C(=O)C(C)(C)O)c1ccc([C@H]2CN(c3nc(-c4ccncn4)cc(=O)n3C)CCO2)cc1. The second-order valence-electron chi connectivity index (χ2n) is 8.75. The normalized spacial score (nSPS) is 16.4. The summed E-state index contributed by atoms with van der Waals surface area (Å²) in [5, 5.41) is 9.99. The lowest BCUT2D eigenvalue weighted by atomic mass is 10.1. The first-order chi connectivity index (χ1) is 16.1. The highest BCUT2D eigenvalue weighted by Gasteiger charge is 2.29. The van der Waals surface area contributed by atoms with Crippen molar-refractivity contribution >= 4 is 17.5 Å². The Kier molecular flexibility index (Phi) is 6.45. The molecule has 1 saturated heterocycles. The van der Waals surface area contributed by atoms with E-state index in [0.29, 0.717) is 42.7 Å². The number of aliphatic hydroxyl groups is 1. The van der Waals surface area contributed by atoms with Crippen molar-refractivity contribution < 1.29 is 14.6 Å². The smallest absolute Gasteiger partial charge is 0.258 e. The Morgan fingerprint density at radius 1 is 1.21 bits per heavy atom. The van der Waals surface area contributed by atoms with Gasteiger partial charge in [0, 0.05) is 38.6 Å². The lowest BCUT2D eigenvalue weighted by Crippen LogP contribution is -2.43. The monoisotopic (exact) mass is 464 g/mol. The highest BCUT2D eigenvalue weighted by atomic mass is 16.5. The fraction of sp³-hybridized carbons (Fsp3) is 0.375. The van der Waals surface area contributed by atoms with Crippen LogP contribution in [-0.4, -0.2) is 62.9 Å². The number of benzene rings is 1. The number of morpholine rings is 1. The van der Waals surface area contributed by atoms with Gasteiger partial charge in [-0.05, 0) is 37.6 Å². The molecule has 0 bridgehead atoms. The molecule has 4 rings (SSSR count). The fourth-order valence-electron chi connectivity index (χ4n) is 3.86. The van der Waals surface area contributed by atoms with E-state index >= 15 is 0 Å². The molecule has 1 amide bonds. The second-order valence-corrected chi connectivity index (χ2v) is 8.75. The molecule has 1 aliphatic rings. The number of hydrogen-bond acceptors (Lipinski definition) is 8. The average Bonchev–Trinajstić information content (AvgIpc) is 2.85. The highest BCUT2D eigenvalue weighted by molar-refractivity contribution is 5.98. The molecular weight excluding hydrogens is 436 g/mol. The predicted octanol–water partition coefficient (Wildman–Crippen LogP) is 1.55. The van der Waals surface area contributed by atoms with Crippen molar-refractivity contribution in [2.45, 2.75) is 25.6 Å². The average molecular weight is 465 g/mol. The van der Waals surface area contributed by atoms with E-state index < -0.39 is 11.5 Å². The van der Waals surface area contributed by atoms with E-state index in [1.54, 1.807) is 26.4 Å². The summed E-state index contributed by atoms with van der Waals surface area (Å²) in [5.74, 6) is 0.150. The molecule has 3 heterocycles. The van der Waals surface area contributed by atoms with Crippen molar-refractivity contribution in [1.29, 1.82) is 0 Å². The second kappa shape index (κ2) is 9.32. The molecule has 10 nitrogen and oxygen atoms in total. The van der Waals surface area contributed by atoms with Crippen molar-refractivity contribution in [3.05, 3.63) is 64.8 Å². The quantitative estimate of drug-likeness (QED) is 0.605. The van der Waals surface area contributed by atoms with E-state index in [1.807, 2.05) is 29.2 Å². The van der Waals surface area contributed by atoms with Crippen molar-refractivity contribution in [2.24, 2.45) is 7.05 Å². The maximum absolute atomic E-state index is 12.6. The third kappa shape index (κ3) is 4.82. The fourth-order valence-corrected chi connectivity index (χ4v) is 3.86. The molecule has 1 aliphatic heterocycles. The Morgan fingerprint density at radius 2 is 1.94 bits per heavy atom. The maximum atomic E-state index is 12.6. The van der Waals surface area contributed by atoms with Gasteiger partial charge in [-0.2, -0.15) is 0 Å². The van der Waals surface area contributed by atoms with Gasteiger partial charge in [-0.1, -0.05) is 12.1 Å².